The average Bonchev–Trinajstić information content (AvgIpc) is 3.35. The molecule has 0 atom stereocenters. The van der Waals surface area contributed by atoms with E-state index in [1.807, 2.05) is 24.3 Å². The number of benzene rings is 2. The summed E-state index contributed by atoms with van der Waals surface area (Å²) in [6.45, 7) is 0. The van der Waals surface area contributed by atoms with Crippen molar-refractivity contribution in [2.45, 2.75) is 18.3 Å². The number of nitrogens with zero attached hydrogens (tertiary/aromatic N) is 5. The van der Waals surface area contributed by atoms with Crippen LogP contribution < -0.4 is 4.74 Å². The Morgan fingerprint density at radius 3 is 2.00 bits per heavy atom. The van der Waals surface area contributed by atoms with Crippen LogP contribution in [0.15, 0.2) is 73.1 Å². The quantitative estimate of drug-likeness (QED) is 0.576. The number of ether oxygens (including phenoxy) is 1. The van der Waals surface area contributed by atoms with Gasteiger partial charge in [0.2, 0.25) is 5.88 Å². The highest BCUT2D eigenvalue weighted by Crippen LogP contribution is 2.53. The Hall–Kier alpha value is -3.74. The van der Waals surface area contributed by atoms with Gasteiger partial charge in [-0.25, -0.2) is 0 Å². The number of hydrogen-bond acceptors (Lipinski definition) is 6. The van der Waals surface area contributed by atoms with Crippen molar-refractivity contribution in [3.05, 3.63) is 84.2 Å². The smallest absolute Gasteiger partial charge is 0.238 e. The summed E-state index contributed by atoms with van der Waals surface area (Å²) in [6, 6.07) is 19.0. The molecule has 0 radical (unpaired) electrons. The second-order valence-corrected chi connectivity index (χ2v) is 6.80. The first kappa shape index (κ1) is 16.4. The highest BCUT2D eigenvalue weighted by Gasteiger charge is 2.45. The van der Waals surface area contributed by atoms with Gasteiger partial charge in [-0.15, -0.1) is 15.0 Å². The first-order chi connectivity index (χ1) is 13.7. The Morgan fingerprint density at radius 2 is 1.43 bits per heavy atom. The van der Waals surface area contributed by atoms with Gasteiger partial charge in [-0.05, 0) is 54.3 Å². The van der Waals surface area contributed by atoms with Gasteiger partial charge in [0.1, 0.15) is 11.5 Å². The predicted octanol–water partition coefficient (Wildman–Crippen LogP) is 3.64. The van der Waals surface area contributed by atoms with Crippen molar-refractivity contribution in [1.82, 2.24) is 25.2 Å². The molecule has 5 rings (SSSR count). The first-order valence-corrected chi connectivity index (χ1v) is 9.01. The monoisotopic (exact) mass is 371 g/mol. The summed E-state index contributed by atoms with van der Waals surface area (Å²) in [7, 11) is 0. The molecule has 0 spiro atoms. The van der Waals surface area contributed by atoms with Gasteiger partial charge < -0.3 is 9.84 Å². The Bertz CT molecular complexity index is 1070. The van der Waals surface area contributed by atoms with Gasteiger partial charge in [-0.1, -0.05) is 24.3 Å². The van der Waals surface area contributed by atoms with Crippen LogP contribution in [0.1, 0.15) is 24.0 Å². The molecule has 7 nitrogen and oxygen atoms in total. The highest BCUT2D eigenvalue weighted by molar-refractivity contribution is 5.47. The minimum atomic E-state index is 0.0461. The van der Waals surface area contributed by atoms with Crippen molar-refractivity contribution in [2.75, 3.05) is 0 Å². The Kier molecular flexibility index (Phi) is 3.79. The molecular weight excluding hydrogens is 354 g/mol. The standard InChI is InChI=1S/C21H17N5O2/c27-17-5-1-15(2-6-17)21(11-12-21)16-3-7-18(8-4-16)28-20-10-9-19(24-25-20)26-22-13-14-23-26/h1-10,13-14,27H,11-12H2. The number of rotatable bonds is 5. The molecular formula is C21H17N5O2. The molecule has 1 fully saturated rings. The summed E-state index contributed by atoms with van der Waals surface area (Å²) in [5, 5.41) is 25.7. The van der Waals surface area contributed by atoms with Crippen LogP contribution in [-0.2, 0) is 5.41 Å². The van der Waals surface area contributed by atoms with Crippen molar-refractivity contribution in [3.8, 4) is 23.2 Å². The molecule has 28 heavy (non-hydrogen) atoms. The van der Waals surface area contributed by atoms with E-state index in [9.17, 15) is 5.11 Å². The Labute approximate surface area is 161 Å². The maximum atomic E-state index is 9.52. The third kappa shape index (κ3) is 2.96. The molecule has 2 aromatic carbocycles. The van der Waals surface area contributed by atoms with Gasteiger partial charge in [0, 0.05) is 11.5 Å². The molecule has 1 aliphatic carbocycles. The molecule has 2 heterocycles. The van der Waals surface area contributed by atoms with Crippen LogP contribution in [0.4, 0.5) is 0 Å². The Morgan fingerprint density at radius 1 is 0.786 bits per heavy atom. The van der Waals surface area contributed by atoms with Crippen molar-refractivity contribution in [3.63, 3.8) is 0 Å². The van der Waals surface area contributed by atoms with Crippen molar-refractivity contribution < 1.29 is 9.84 Å². The minimum absolute atomic E-state index is 0.0461. The Balaban J connectivity index is 1.32. The maximum Gasteiger partial charge on any atom is 0.238 e. The largest absolute Gasteiger partial charge is 0.508 e. The summed E-state index contributed by atoms with van der Waals surface area (Å²) in [4.78, 5) is 1.39. The van der Waals surface area contributed by atoms with E-state index < -0.39 is 0 Å². The fraction of sp³-hybridized carbons (Fsp3) is 0.143. The summed E-state index contributed by atoms with van der Waals surface area (Å²) in [5.41, 5.74) is 2.52. The molecule has 1 N–H and O–H groups in total. The van der Waals surface area contributed by atoms with Crippen molar-refractivity contribution >= 4 is 0 Å². The van der Waals surface area contributed by atoms with Crippen LogP contribution in [0.5, 0.6) is 17.4 Å². The zero-order valence-corrected chi connectivity index (χ0v) is 14.9. The van der Waals surface area contributed by atoms with Gasteiger partial charge >= 0.3 is 0 Å². The topological polar surface area (TPSA) is 86.0 Å². The van der Waals surface area contributed by atoms with Gasteiger partial charge in [-0.3, -0.25) is 0 Å². The molecule has 1 aliphatic rings. The zero-order valence-electron chi connectivity index (χ0n) is 14.9. The molecule has 0 bridgehead atoms. The number of phenols is 1. The average molecular weight is 371 g/mol. The van der Waals surface area contributed by atoms with E-state index in [2.05, 4.69) is 32.5 Å². The second kappa shape index (κ2) is 6.45. The normalized spacial score (nSPS) is 14.6. The van der Waals surface area contributed by atoms with Gasteiger partial charge in [-0.2, -0.15) is 10.2 Å². The fourth-order valence-electron chi connectivity index (χ4n) is 3.42. The molecule has 7 heteroatoms. The summed E-state index contributed by atoms with van der Waals surface area (Å²) in [6.07, 6.45) is 5.37. The molecule has 0 unspecified atom stereocenters. The van der Waals surface area contributed by atoms with Crippen LogP contribution in [0, 0.1) is 0 Å². The number of hydrogen-bond donors (Lipinski definition) is 1. The van der Waals surface area contributed by atoms with Gasteiger partial charge in [0.15, 0.2) is 5.82 Å². The van der Waals surface area contributed by atoms with Crippen LogP contribution >= 0.6 is 0 Å². The third-order valence-corrected chi connectivity index (χ3v) is 5.05. The third-order valence-electron chi connectivity index (χ3n) is 5.05. The zero-order chi connectivity index (χ0) is 19.0. The fourth-order valence-corrected chi connectivity index (χ4v) is 3.42. The van der Waals surface area contributed by atoms with Crippen LogP contribution in [-0.4, -0.2) is 30.3 Å². The lowest BCUT2D eigenvalue weighted by atomic mass is 9.88. The van der Waals surface area contributed by atoms with Crippen LogP contribution in [0.2, 0.25) is 0 Å². The van der Waals surface area contributed by atoms with Crippen molar-refractivity contribution in [2.24, 2.45) is 0 Å². The molecule has 0 amide bonds. The molecule has 2 aromatic heterocycles. The molecule has 4 aromatic rings. The molecule has 1 saturated carbocycles. The van der Waals surface area contributed by atoms with Gasteiger partial charge in [0.25, 0.3) is 0 Å². The maximum absolute atomic E-state index is 9.52. The molecule has 0 saturated heterocycles. The first-order valence-electron chi connectivity index (χ1n) is 9.01. The van der Waals surface area contributed by atoms with E-state index in [4.69, 9.17) is 4.74 Å². The molecule has 0 aliphatic heterocycles. The van der Waals surface area contributed by atoms with Gasteiger partial charge in [0.05, 0.1) is 12.4 Å². The van der Waals surface area contributed by atoms with E-state index in [-0.39, 0.29) is 5.41 Å². The number of aromatic nitrogens is 5. The summed E-state index contributed by atoms with van der Waals surface area (Å²) >= 11 is 0. The van der Waals surface area contributed by atoms with E-state index in [1.165, 1.54) is 15.9 Å². The molecule has 138 valence electrons. The second-order valence-electron chi connectivity index (χ2n) is 6.80. The van der Waals surface area contributed by atoms with E-state index in [1.54, 1.807) is 36.7 Å². The number of phenolic OH excluding ortho intramolecular Hbond substituents is 1. The lowest BCUT2D eigenvalue weighted by Crippen LogP contribution is -2.08. The number of aromatic hydroxyl groups is 1. The summed E-state index contributed by atoms with van der Waals surface area (Å²) < 4.78 is 5.80. The SMILES string of the molecule is Oc1ccc(C2(c3ccc(Oc4ccc(-n5nccn5)nn4)cc3)CC2)cc1. The summed E-state index contributed by atoms with van der Waals surface area (Å²) in [5.74, 6) is 1.92. The van der Waals surface area contributed by atoms with Crippen molar-refractivity contribution in [1.29, 1.82) is 0 Å². The van der Waals surface area contributed by atoms with Crippen LogP contribution in [0.25, 0.3) is 5.82 Å². The predicted molar refractivity (Wildman–Crippen MR) is 102 cm³/mol. The van der Waals surface area contributed by atoms with E-state index in [0.29, 0.717) is 23.2 Å². The minimum Gasteiger partial charge on any atom is -0.508 e. The lowest BCUT2D eigenvalue weighted by molar-refractivity contribution is 0.453. The van der Waals surface area contributed by atoms with E-state index >= 15 is 0 Å². The lowest BCUT2D eigenvalue weighted by Gasteiger charge is -2.17. The van der Waals surface area contributed by atoms with Crippen LogP contribution in [0.3, 0.4) is 0 Å². The highest BCUT2D eigenvalue weighted by atomic mass is 16.5. The van der Waals surface area contributed by atoms with E-state index in [0.717, 1.165) is 12.8 Å².